The Morgan fingerprint density at radius 2 is 1.77 bits per heavy atom. The number of halogens is 2. The van der Waals surface area contributed by atoms with Gasteiger partial charge in [0.15, 0.2) is 0 Å². The van der Waals surface area contributed by atoms with Crippen molar-refractivity contribution in [3.63, 3.8) is 0 Å². The number of rotatable bonds is 5. The van der Waals surface area contributed by atoms with E-state index in [2.05, 4.69) is 4.98 Å². The van der Waals surface area contributed by atoms with Gasteiger partial charge in [0.25, 0.3) is 5.56 Å². The molecule has 0 saturated carbocycles. The molecule has 0 aliphatic rings. The minimum Gasteiger partial charge on any atom is -0.481 e. The maximum absolute atomic E-state index is 12.8. The van der Waals surface area contributed by atoms with Crippen LogP contribution in [0.2, 0.25) is 10.0 Å². The van der Waals surface area contributed by atoms with Crippen LogP contribution in [0, 0.1) is 0 Å². The highest BCUT2D eigenvalue weighted by atomic mass is 35.5. The number of carboxylic acid groups (broad SMARTS) is 1. The van der Waals surface area contributed by atoms with Crippen molar-refractivity contribution in [2.75, 3.05) is 0 Å². The van der Waals surface area contributed by atoms with Gasteiger partial charge in [0, 0.05) is 32.1 Å². The van der Waals surface area contributed by atoms with Crippen LogP contribution in [0.25, 0.3) is 22.0 Å². The molecule has 2 N–H and O–H groups in total. The van der Waals surface area contributed by atoms with Crippen LogP contribution >= 0.6 is 23.2 Å². The van der Waals surface area contributed by atoms with Crippen LogP contribution in [0.4, 0.5) is 0 Å². The zero-order chi connectivity index (χ0) is 18.8. The topological polar surface area (TPSA) is 70.2 Å². The van der Waals surface area contributed by atoms with Crippen molar-refractivity contribution in [1.82, 2.24) is 4.98 Å². The Kier molecular flexibility index (Phi) is 5.35. The van der Waals surface area contributed by atoms with Crippen molar-refractivity contribution >= 4 is 40.1 Å². The standard InChI is InChI=1S/C20H17Cl2NO3/c1-2-3-14(20(25)26)18-17(11-4-6-12(21)7-5-11)15-10-13(22)8-9-16(15)23-19(18)24/h4-10,14H,2-3H2,1H3,(H,23,24)(H,25,26). The number of aromatic nitrogens is 1. The lowest BCUT2D eigenvalue weighted by Gasteiger charge is -2.18. The number of hydrogen-bond donors (Lipinski definition) is 2. The molecule has 4 nitrogen and oxygen atoms in total. The molecule has 1 unspecified atom stereocenters. The van der Waals surface area contributed by atoms with Crippen LogP contribution in [0.5, 0.6) is 0 Å². The molecule has 134 valence electrons. The Morgan fingerprint density at radius 1 is 1.12 bits per heavy atom. The van der Waals surface area contributed by atoms with Crippen molar-refractivity contribution in [3.05, 3.63) is 68.4 Å². The number of fused-ring (bicyclic) bond motifs is 1. The molecule has 26 heavy (non-hydrogen) atoms. The first-order chi connectivity index (χ1) is 12.4. The normalized spacial score (nSPS) is 12.3. The number of H-pyrrole nitrogens is 1. The molecule has 3 aromatic rings. The summed E-state index contributed by atoms with van der Waals surface area (Å²) in [5, 5.41) is 11.5. The van der Waals surface area contributed by atoms with E-state index >= 15 is 0 Å². The van der Waals surface area contributed by atoms with Crippen molar-refractivity contribution in [1.29, 1.82) is 0 Å². The first-order valence-electron chi connectivity index (χ1n) is 8.26. The summed E-state index contributed by atoms with van der Waals surface area (Å²) in [6, 6.07) is 12.1. The maximum Gasteiger partial charge on any atom is 0.311 e. The van der Waals surface area contributed by atoms with Crippen LogP contribution < -0.4 is 5.56 Å². The van der Waals surface area contributed by atoms with E-state index in [4.69, 9.17) is 23.2 Å². The molecule has 0 fully saturated rings. The van der Waals surface area contributed by atoms with Gasteiger partial charge in [-0.3, -0.25) is 9.59 Å². The lowest BCUT2D eigenvalue weighted by Crippen LogP contribution is -2.23. The van der Waals surface area contributed by atoms with Crippen LogP contribution in [0.3, 0.4) is 0 Å². The van der Waals surface area contributed by atoms with E-state index < -0.39 is 17.4 Å². The van der Waals surface area contributed by atoms with E-state index in [1.54, 1.807) is 42.5 Å². The second kappa shape index (κ2) is 7.52. The summed E-state index contributed by atoms with van der Waals surface area (Å²) in [4.78, 5) is 27.5. The van der Waals surface area contributed by atoms with Gasteiger partial charge in [0.1, 0.15) is 0 Å². The Balaban J connectivity index is 2.44. The van der Waals surface area contributed by atoms with E-state index in [-0.39, 0.29) is 5.56 Å². The smallest absolute Gasteiger partial charge is 0.311 e. The van der Waals surface area contributed by atoms with Crippen LogP contribution in [0.15, 0.2) is 47.3 Å². The summed E-state index contributed by atoms with van der Waals surface area (Å²) in [7, 11) is 0. The Bertz CT molecular complexity index is 1030. The second-order valence-corrected chi connectivity index (χ2v) is 6.99. The highest BCUT2D eigenvalue weighted by Crippen LogP contribution is 2.36. The molecule has 3 rings (SSSR count). The number of benzene rings is 2. The number of aromatic amines is 1. The fourth-order valence-corrected chi connectivity index (χ4v) is 3.52. The number of aliphatic carboxylic acids is 1. The summed E-state index contributed by atoms with van der Waals surface area (Å²) in [6.07, 6.45) is 1.01. The number of nitrogens with one attached hydrogen (secondary N) is 1. The molecule has 2 aromatic carbocycles. The molecule has 1 aromatic heterocycles. The van der Waals surface area contributed by atoms with Crippen LogP contribution in [-0.4, -0.2) is 16.1 Å². The Morgan fingerprint density at radius 3 is 2.38 bits per heavy atom. The van der Waals surface area contributed by atoms with Gasteiger partial charge in [-0.1, -0.05) is 48.7 Å². The van der Waals surface area contributed by atoms with E-state index in [9.17, 15) is 14.7 Å². The molecule has 0 aliphatic carbocycles. The van der Waals surface area contributed by atoms with Gasteiger partial charge in [0.05, 0.1) is 5.92 Å². The van der Waals surface area contributed by atoms with E-state index in [1.165, 1.54) is 0 Å². The molecular formula is C20H17Cl2NO3. The predicted octanol–water partition coefficient (Wildman–Crippen LogP) is 5.47. The highest BCUT2D eigenvalue weighted by molar-refractivity contribution is 6.31. The van der Waals surface area contributed by atoms with Crippen LogP contribution in [-0.2, 0) is 4.79 Å². The lowest BCUT2D eigenvalue weighted by atomic mass is 9.86. The van der Waals surface area contributed by atoms with Gasteiger partial charge < -0.3 is 10.1 Å². The molecule has 0 saturated heterocycles. The molecule has 6 heteroatoms. The van der Waals surface area contributed by atoms with Gasteiger partial charge in [-0.2, -0.15) is 0 Å². The van der Waals surface area contributed by atoms with Gasteiger partial charge in [0.2, 0.25) is 0 Å². The molecular weight excluding hydrogens is 373 g/mol. The van der Waals surface area contributed by atoms with Gasteiger partial charge in [-0.25, -0.2) is 0 Å². The Labute approximate surface area is 160 Å². The Hall–Kier alpha value is -2.30. The van der Waals surface area contributed by atoms with E-state index in [0.29, 0.717) is 39.4 Å². The zero-order valence-electron chi connectivity index (χ0n) is 14.1. The third-order valence-electron chi connectivity index (χ3n) is 4.37. The first-order valence-corrected chi connectivity index (χ1v) is 9.02. The summed E-state index contributed by atoms with van der Waals surface area (Å²) >= 11 is 12.2. The van der Waals surface area contributed by atoms with Crippen molar-refractivity contribution in [2.24, 2.45) is 0 Å². The third-order valence-corrected chi connectivity index (χ3v) is 4.86. The average Bonchev–Trinajstić information content (AvgIpc) is 2.60. The molecule has 0 bridgehead atoms. The fourth-order valence-electron chi connectivity index (χ4n) is 3.22. The largest absolute Gasteiger partial charge is 0.481 e. The highest BCUT2D eigenvalue weighted by Gasteiger charge is 2.27. The molecule has 1 heterocycles. The monoisotopic (exact) mass is 389 g/mol. The number of pyridine rings is 1. The summed E-state index contributed by atoms with van der Waals surface area (Å²) in [6.45, 7) is 1.89. The third kappa shape index (κ3) is 3.48. The zero-order valence-corrected chi connectivity index (χ0v) is 15.6. The molecule has 1 atom stereocenters. The SMILES string of the molecule is CCCC(C(=O)O)c1c(-c2ccc(Cl)cc2)c2cc(Cl)ccc2[nH]c1=O. The summed E-state index contributed by atoms with van der Waals surface area (Å²) in [5.41, 5.74) is 1.77. The minimum atomic E-state index is -1.02. The van der Waals surface area contributed by atoms with Crippen molar-refractivity contribution < 1.29 is 9.90 Å². The predicted molar refractivity (Wildman–Crippen MR) is 105 cm³/mol. The molecule has 0 amide bonds. The number of hydrogen-bond acceptors (Lipinski definition) is 2. The van der Waals surface area contributed by atoms with E-state index in [0.717, 1.165) is 5.56 Å². The van der Waals surface area contributed by atoms with Crippen LogP contribution in [0.1, 0.15) is 31.2 Å². The minimum absolute atomic E-state index is 0.247. The van der Waals surface area contributed by atoms with Crippen molar-refractivity contribution in [2.45, 2.75) is 25.7 Å². The number of carboxylic acids is 1. The average molecular weight is 390 g/mol. The van der Waals surface area contributed by atoms with Gasteiger partial charge in [-0.15, -0.1) is 0 Å². The first kappa shape index (κ1) is 18.5. The quantitative estimate of drug-likeness (QED) is 0.607. The molecule has 0 aliphatic heterocycles. The summed E-state index contributed by atoms with van der Waals surface area (Å²) in [5.74, 6) is -1.92. The summed E-state index contributed by atoms with van der Waals surface area (Å²) < 4.78 is 0. The second-order valence-electron chi connectivity index (χ2n) is 6.12. The van der Waals surface area contributed by atoms with E-state index in [1.807, 2.05) is 6.92 Å². The number of carbonyl (C=O) groups is 1. The van der Waals surface area contributed by atoms with Gasteiger partial charge >= 0.3 is 5.97 Å². The lowest BCUT2D eigenvalue weighted by molar-refractivity contribution is -0.139. The molecule has 0 spiro atoms. The van der Waals surface area contributed by atoms with Crippen molar-refractivity contribution in [3.8, 4) is 11.1 Å². The fraction of sp³-hybridized carbons (Fsp3) is 0.200. The van der Waals surface area contributed by atoms with Gasteiger partial charge in [-0.05, 0) is 42.3 Å². The molecule has 0 radical (unpaired) electrons. The maximum atomic E-state index is 12.8.